The van der Waals surface area contributed by atoms with Crippen molar-refractivity contribution < 1.29 is 19.1 Å². The number of aldehydes is 1. The molecule has 0 fully saturated rings. The van der Waals surface area contributed by atoms with Crippen LogP contribution < -0.4 is 10.2 Å². The molecule has 3 heterocycles. The normalized spacial score (nSPS) is 18.4. The standard InChI is InChI=1S/C19H19N5O4/c1-27-18(28-2)16-14(11-25)8-13-4-3-7-24(19(21)26,17(13)23-16)15-6-5-12(9-20)10-22-15/h5-6,8,10-11,18H,3-4,7H2,1-2H3,(H-,21,26)/p+1. The van der Waals surface area contributed by atoms with Gasteiger partial charge in [-0.05, 0) is 18.6 Å². The monoisotopic (exact) mass is 382 g/mol. The molecule has 0 aromatic carbocycles. The van der Waals surface area contributed by atoms with Crippen LogP contribution in [-0.4, -0.2) is 43.0 Å². The molecule has 9 heteroatoms. The van der Waals surface area contributed by atoms with Crippen molar-refractivity contribution in [2.75, 3.05) is 20.8 Å². The summed E-state index contributed by atoms with van der Waals surface area (Å²) in [5.41, 5.74) is 7.52. The summed E-state index contributed by atoms with van der Waals surface area (Å²) in [7, 11) is 2.87. The minimum absolute atomic E-state index is 0.262. The van der Waals surface area contributed by atoms with Crippen LogP contribution in [0.15, 0.2) is 24.4 Å². The number of quaternary nitrogens is 1. The molecular weight excluding hydrogens is 362 g/mol. The minimum atomic E-state index is -0.879. The number of amides is 2. The number of nitrogens with zero attached hydrogens (tertiary/aromatic N) is 4. The maximum Gasteiger partial charge on any atom is 0.426 e. The molecule has 2 aromatic rings. The van der Waals surface area contributed by atoms with Crippen LogP contribution in [0.4, 0.5) is 16.4 Å². The van der Waals surface area contributed by atoms with E-state index in [-0.39, 0.29) is 5.69 Å². The smallest absolute Gasteiger partial charge is 0.350 e. The van der Waals surface area contributed by atoms with Gasteiger partial charge >= 0.3 is 6.03 Å². The summed E-state index contributed by atoms with van der Waals surface area (Å²) in [4.78, 5) is 33.2. The number of methoxy groups -OCH3 is 2. The van der Waals surface area contributed by atoms with E-state index in [4.69, 9.17) is 20.5 Å². The third-order valence-electron chi connectivity index (χ3n) is 4.86. The van der Waals surface area contributed by atoms with Crippen LogP contribution in [0.2, 0.25) is 0 Å². The minimum Gasteiger partial charge on any atom is -0.350 e. The summed E-state index contributed by atoms with van der Waals surface area (Å²) in [6.07, 6.45) is 2.48. The Morgan fingerprint density at radius 1 is 1.39 bits per heavy atom. The van der Waals surface area contributed by atoms with E-state index < -0.39 is 16.8 Å². The second-order valence-electron chi connectivity index (χ2n) is 6.36. The molecule has 144 valence electrons. The van der Waals surface area contributed by atoms with Crippen molar-refractivity contribution in [3.63, 3.8) is 0 Å². The maximum absolute atomic E-state index is 12.7. The van der Waals surface area contributed by atoms with Crippen molar-refractivity contribution in [1.82, 2.24) is 14.5 Å². The fourth-order valence-corrected chi connectivity index (χ4v) is 3.53. The molecule has 1 unspecified atom stereocenters. The van der Waals surface area contributed by atoms with Crippen LogP contribution in [-0.2, 0) is 15.9 Å². The van der Waals surface area contributed by atoms with E-state index in [2.05, 4.69) is 9.97 Å². The number of primary amides is 1. The van der Waals surface area contributed by atoms with Crippen molar-refractivity contribution in [2.24, 2.45) is 5.73 Å². The topological polar surface area (TPSA) is 128 Å². The Morgan fingerprint density at radius 2 is 2.14 bits per heavy atom. The number of nitrogens with two attached hydrogens (primary N) is 1. The number of hydrogen-bond acceptors (Lipinski definition) is 7. The van der Waals surface area contributed by atoms with Gasteiger partial charge in [-0.3, -0.25) is 4.79 Å². The third kappa shape index (κ3) is 3.03. The molecule has 0 saturated heterocycles. The van der Waals surface area contributed by atoms with Crippen molar-refractivity contribution in [3.05, 3.63) is 46.8 Å². The van der Waals surface area contributed by atoms with Gasteiger partial charge in [0.05, 0.1) is 11.8 Å². The highest BCUT2D eigenvalue weighted by Gasteiger charge is 2.47. The summed E-state index contributed by atoms with van der Waals surface area (Å²) >= 11 is 0. The molecule has 2 amide bonds. The first-order valence-corrected chi connectivity index (χ1v) is 8.61. The highest BCUT2D eigenvalue weighted by atomic mass is 16.7. The second-order valence-corrected chi connectivity index (χ2v) is 6.36. The largest absolute Gasteiger partial charge is 0.426 e. The van der Waals surface area contributed by atoms with Gasteiger partial charge < -0.3 is 15.2 Å². The molecule has 9 nitrogen and oxygen atoms in total. The maximum atomic E-state index is 12.7. The predicted octanol–water partition coefficient (Wildman–Crippen LogP) is 2.12. The van der Waals surface area contributed by atoms with Crippen molar-refractivity contribution >= 4 is 24.0 Å². The lowest BCUT2D eigenvalue weighted by Crippen LogP contribution is -2.56. The molecular formula is C19H20N5O4+. The average molecular weight is 382 g/mol. The number of urea groups is 1. The number of carbonyl (C=O) groups is 2. The Morgan fingerprint density at radius 3 is 2.68 bits per heavy atom. The Balaban J connectivity index is 2.28. The SMILES string of the molecule is COC(OC)c1nc2c(cc1C=O)CCC[N+]2(C(N)=O)c1ccc(C#N)cn1. The molecule has 3 rings (SSSR count). The van der Waals surface area contributed by atoms with E-state index >= 15 is 0 Å². The Bertz CT molecular complexity index is 950. The lowest BCUT2D eigenvalue weighted by Gasteiger charge is -2.35. The van der Waals surface area contributed by atoms with E-state index in [0.29, 0.717) is 48.4 Å². The number of nitriles is 1. The molecule has 1 atom stereocenters. The first kappa shape index (κ1) is 19.6. The van der Waals surface area contributed by atoms with E-state index in [1.807, 2.05) is 6.07 Å². The first-order valence-electron chi connectivity index (χ1n) is 8.61. The van der Waals surface area contributed by atoms with Crippen molar-refractivity contribution in [3.8, 4) is 6.07 Å². The number of hydrogen-bond donors (Lipinski definition) is 1. The molecule has 0 bridgehead atoms. The highest BCUT2D eigenvalue weighted by molar-refractivity contribution is 5.92. The van der Waals surface area contributed by atoms with E-state index in [1.54, 1.807) is 18.2 Å². The quantitative estimate of drug-likeness (QED) is 0.476. The van der Waals surface area contributed by atoms with Gasteiger partial charge in [0.15, 0.2) is 6.29 Å². The van der Waals surface area contributed by atoms with Crippen LogP contribution in [0.5, 0.6) is 0 Å². The highest BCUT2D eigenvalue weighted by Crippen LogP contribution is 2.40. The Labute approximate surface area is 161 Å². The van der Waals surface area contributed by atoms with Gasteiger partial charge in [0.2, 0.25) is 17.9 Å². The third-order valence-corrected chi connectivity index (χ3v) is 4.86. The summed E-state index contributed by atoms with van der Waals surface area (Å²) < 4.78 is 10.1. The molecule has 0 saturated carbocycles. The summed E-state index contributed by atoms with van der Waals surface area (Å²) in [5.74, 6) is 0.742. The van der Waals surface area contributed by atoms with Crippen LogP contribution in [0.3, 0.4) is 0 Å². The van der Waals surface area contributed by atoms with Crippen molar-refractivity contribution in [2.45, 2.75) is 19.1 Å². The van der Waals surface area contributed by atoms with E-state index in [1.165, 1.54) is 20.4 Å². The molecule has 28 heavy (non-hydrogen) atoms. The number of ether oxygens (including phenoxy) is 2. The van der Waals surface area contributed by atoms with Gasteiger partial charge in [-0.25, -0.2) is 9.78 Å². The van der Waals surface area contributed by atoms with Gasteiger partial charge in [-0.1, -0.05) is 0 Å². The van der Waals surface area contributed by atoms with Gasteiger partial charge in [-0.15, -0.1) is 4.48 Å². The fraction of sp³-hybridized carbons (Fsp3) is 0.316. The van der Waals surface area contributed by atoms with Crippen LogP contribution in [0.1, 0.15) is 39.9 Å². The molecule has 0 spiro atoms. The molecule has 2 aromatic heterocycles. The van der Waals surface area contributed by atoms with E-state index in [9.17, 15) is 9.59 Å². The summed E-state index contributed by atoms with van der Waals surface area (Å²) in [6.45, 7) is 0.360. The van der Waals surface area contributed by atoms with Crippen LogP contribution >= 0.6 is 0 Å². The zero-order valence-corrected chi connectivity index (χ0v) is 15.6. The van der Waals surface area contributed by atoms with Crippen molar-refractivity contribution in [1.29, 1.82) is 5.26 Å². The second kappa shape index (κ2) is 7.82. The number of fused-ring (bicyclic) bond motifs is 1. The zero-order valence-electron chi connectivity index (χ0n) is 15.6. The van der Waals surface area contributed by atoms with Gasteiger partial charge in [0.25, 0.3) is 0 Å². The first-order chi connectivity index (χ1) is 13.5. The zero-order chi connectivity index (χ0) is 20.3. The number of carbonyl (C=O) groups excluding carboxylic acids is 2. The lowest BCUT2D eigenvalue weighted by atomic mass is 9.99. The van der Waals surface area contributed by atoms with Gasteiger partial charge in [0, 0.05) is 37.8 Å². The van der Waals surface area contributed by atoms with Crippen LogP contribution in [0, 0.1) is 11.3 Å². The molecule has 1 aliphatic rings. The molecule has 1 aliphatic heterocycles. The average Bonchev–Trinajstić information content (AvgIpc) is 2.73. The number of aromatic nitrogens is 2. The predicted molar refractivity (Wildman–Crippen MR) is 99.6 cm³/mol. The summed E-state index contributed by atoms with van der Waals surface area (Å²) in [6, 6.07) is 6.21. The Kier molecular flexibility index (Phi) is 5.46. The molecule has 0 aliphatic carbocycles. The molecule has 2 N–H and O–H groups in total. The van der Waals surface area contributed by atoms with Gasteiger partial charge in [-0.2, -0.15) is 10.2 Å². The molecule has 0 radical (unpaired) electrons. The van der Waals surface area contributed by atoms with E-state index in [0.717, 1.165) is 5.56 Å². The Hall–Kier alpha value is -3.19. The number of rotatable bonds is 5. The van der Waals surface area contributed by atoms with Crippen LogP contribution in [0.25, 0.3) is 0 Å². The summed E-state index contributed by atoms with van der Waals surface area (Å²) in [5, 5.41) is 9.02. The lowest BCUT2D eigenvalue weighted by molar-refractivity contribution is -0.108. The number of pyridine rings is 2. The number of aryl methyl sites for hydroxylation is 1. The fourth-order valence-electron chi connectivity index (χ4n) is 3.53. The van der Waals surface area contributed by atoms with Gasteiger partial charge in [0.1, 0.15) is 18.3 Å².